The lowest BCUT2D eigenvalue weighted by atomic mass is 10.2. The summed E-state index contributed by atoms with van der Waals surface area (Å²) in [5, 5.41) is 13.1. The Kier molecular flexibility index (Phi) is 7.56. The third-order valence-corrected chi connectivity index (χ3v) is 5.46. The number of nitrogens with zero attached hydrogens (tertiary/aromatic N) is 3. The minimum absolute atomic E-state index is 0.107. The highest BCUT2D eigenvalue weighted by Crippen LogP contribution is 2.28. The van der Waals surface area contributed by atoms with Gasteiger partial charge in [0.2, 0.25) is 0 Å². The zero-order valence-corrected chi connectivity index (χ0v) is 17.4. The summed E-state index contributed by atoms with van der Waals surface area (Å²) < 4.78 is 64.4. The van der Waals surface area contributed by atoms with Crippen LogP contribution in [0.4, 0.5) is 13.2 Å². The second-order valence-corrected chi connectivity index (χ2v) is 8.55. The van der Waals surface area contributed by atoms with Crippen LogP contribution in [0.5, 0.6) is 0 Å². The number of aromatic nitrogens is 1. The van der Waals surface area contributed by atoms with Crippen LogP contribution in [0.1, 0.15) is 5.69 Å². The number of alkyl halides is 3. The number of aliphatic imine (C=N–C) groups is 2. The van der Waals surface area contributed by atoms with Gasteiger partial charge >= 0.3 is 6.18 Å². The molecule has 0 aliphatic heterocycles. The summed E-state index contributed by atoms with van der Waals surface area (Å²) in [6.07, 6.45) is -2.69. The first kappa shape index (κ1) is 23.8. The summed E-state index contributed by atoms with van der Waals surface area (Å²) in [5.74, 6) is 0. The van der Waals surface area contributed by atoms with Crippen molar-refractivity contribution in [3.63, 3.8) is 0 Å². The van der Waals surface area contributed by atoms with Gasteiger partial charge < -0.3 is 15.0 Å². The van der Waals surface area contributed by atoms with Crippen molar-refractivity contribution in [2.45, 2.75) is 24.2 Å². The molecule has 7 nitrogen and oxygen atoms in total. The number of sulfone groups is 1. The SMILES string of the molecule is C=N/C(=C(\C=NCCn1c(CNC)cc2ccc(S(C)(=O)=O)cc21)CO)C(F)(F)F. The van der Waals surface area contributed by atoms with Crippen molar-refractivity contribution in [3.05, 3.63) is 41.2 Å². The van der Waals surface area contributed by atoms with Crippen LogP contribution in [0.25, 0.3) is 10.9 Å². The molecule has 0 aliphatic rings. The fourth-order valence-electron chi connectivity index (χ4n) is 3.00. The fraction of sp³-hybridized carbons (Fsp3) is 0.368. The van der Waals surface area contributed by atoms with Gasteiger partial charge in [0.1, 0.15) is 0 Å². The van der Waals surface area contributed by atoms with Gasteiger partial charge in [-0.25, -0.2) is 8.42 Å². The van der Waals surface area contributed by atoms with Crippen LogP contribution in [0.3, 0.4) is 0 Å². The number of aliphatic hydroxyl groups excluding tert-OH is 1. The number of fused-ring (bicyclic) bond motifs is 1. The normalized spacial score (nSPS) is 13.8. The Morgan fingerprint density at radius 2 is 2.03 bits per heavy atom. The molecule has 0 unspecified atom stereocenters. The summed E-state index contributed by atoms with van der Waals surface area (Å²) >= 11 is 0. The lowest BCUT2D eigenvalue weighted by Crippen LogP contribution is -2.15. The number of nitrogens with one attached hydrogen (secondary N) is 1. The molecule has 0 saturated carbocycles. The predicted octanol–water partition coefficient (Wildman–Crippen LogP) is 2.34. The van der Waals surface area contributed by atoms with E-state index in [0.717, 1.165) is 23.6 Å². The second-order valence-electron chi connectivity index (χ2n) is 6.53. The van der Waals surface area contributed by atoms with Crippen LogP contribution in [-0.4, -0.2) is 63.7 Å². The van der Waals surface area contributed by atoms with E-state index in [4.69, 9.17) is 0 Å². The fourth-order valence-corrected chi connectivity index (χ4v) is 3.64. The first-order chi connectivity index (χ1) is 14.0. The molecular weight excluding hydrogens is 421 g/mol. The Morgan fingerprint density at radius 1 is 1.33 bits per heavy atom. The molecule has 0 amide bonds. The van der Waals surface area contributed by atoms with Crippen LogP contribution < -0.4 is 5.32 Å². The Bertz CT molecular complexity index is 1090. The maximum Gasteiger partial charge on any atom is 0.433 e. The van der Waals surface area contributed by atoms with Crippen molar-refractivity contribution in [1.29, 1.82) is 0 Å². The summed E-state index contributed by atoms with van der Waals surface area (Å²) in [4.78, 5) is 7.12. The molecule has 0 atom stereocenters. The molecule has 11 heteroatoms. The summed E-state index contributed by atoms with van der Waals surface area (Å²) in [7, 11) is -1.63. The van der Waals surface area contributed by atoms with Gasteiger partial charge in [0, 0.05) is 42.3 Å². The van der Waals surface area contributed by atoms with Crippen molar-refractivity contribution < 1.29 is 26.7 Å². The average molecular weight is 444 g/mol. The summed E-state index contributed by atoms with van der Waals surface area (Å²) in [6, 6.07) is 6.71. The van der Waals surface area contributed by atoms with E-state index in [1.54, 1.807) is 19.2 Å². The van der Waals surface area contributed by atoms with Gasteiger partial charge in [-0.05, 0) is 37.4 Å². The monoisotopic (exact) mass is 444 g/mol. The highest BCUT2D eigenvalue weighted by Gasteiger charge is 2.35. The van der Waals surface area contributed by atoms with Gasteiger partial charge in [-0.15, -0.1) is 0 Å². The highest BCUT2D eigenvalue weighted by atomic mass is 32.2. The molecule has 30 heavy (non-hydrogen) atoms. The minimum atomic E-state index is -4.75. The molecule has 0 radical (unpaired) electrons. The van der Waals surface area contributed by atoms with E-state index in [1.807, 2.05) is 10.6 Å². The lowest BCUT2D eigenvalue weighted by Gasteiger charge is -2.11. The number of hydrogen-bond acceptors (Lipinski definition) is 6. The molecule has 0 fully saturated rings. The summed E-state index contributed by atoms with van der Waals surface area (Å²) in [6.45, 7) is 2.93. The number of benzene rings is 1. The van der Waals surface area contributed by atoms with E-state index >= 15 is 0 Å². The van der Waals surface area contributed by atoms with E-state index in [1.165, 1.54) is 6.07 Å². The maximum absolute atomic E-state index is 12.9. The molecule has 0 aliphatic carbocycles. The van der Waals surface area contributed by atoms with E-state index in [0.29, 0.717) is 18.6 Å². The first-order valence-corrected chi connectivity index (χ1v) is 10.8. The van der Waals surface area contributed by atoms with Crippen molar-refractivity contribution >= 4 is 33.7 Å². The number of halogens is 3. The number of aliphatic hydroxyl groups is 1. The largest absolute Gasteiger partial charge is 0.433 e. The highest BCUT2D eigenvalue weighted by molar-refractivity contribution is 7.90. The van der Waals surface area contributed by atoms with Gasteiger partial charge in [-0.1, -0.05) is 6.07 Å². The van der Waals surface area contributed by atoms with Crippen LogP contribution in [0.15, 0.2) is 50.4 Å². The van der Waals surface area contributed by atoms with Crippen molar-refractivity contribution in [2.75, 3.05) is 26.5 Å². The van der Waals surface area contributed by atoms with Crippen molar-refractivity contribution in [3.8, 4) is 0 Å². The average Bonchev–Trinajstić information content (AvgIpc) is 2.99. The Labute approximate surface area is 172 Å². The molecule has 2 N–H and O–H groups in total. The quantitative estimate of drug-likeness (QED) is 0.581. The minimum Gasteiger partial charge on any atom is -0.392 e. The van der Waals surface area contributed by atoms with Gasteiger partial charge in [0.15, 0.2) is 15.5 Å². The van der Waals surface area contributed by atoms with Crippen LogP contribution in [-0.2, 0) is 22.9 Å². The molecular formula is C19H23F3N4O3S. The number of hydrogen-bond donors (Lipinski definition) is 2. The molecule has 1 aromatic heterocycles. The zero-order chi connectivity index (χ0) is 22.5. The van der Waals surface area contributed by atoms with E-state index in [-0.39, 0.29) is 11.4 Å². The molecule has 1 heterocycles. The molecule has 164 valence electrons. The first-order valence-electron chi connectivity index (χ1n) is 8.87. The van der Waals surface area contributed by atoms with Crippen LogP contribution in [0.2, 0.25) is 0 Å². The zero-order valence-electron chi connectivity index (χ0n) is 16.6. The van der Waals surface area contributed by atoms with Crippen molar-refractivity contribution in [2.24, 2.45) is 9.98 Å². The van der Waals surface area contributed by atoms with E-state index in [2.05, 4.69) is 22.0 Å². The molecule has 0 spiro atoms. The van der Waals surface area contributed by atoms with Crippen LogP contribution in [0, 0.1) is 0 Å². The maximum atomic E-state index is 12.9. The Morgan fingerprint density at radius 3 is 2.57 bits per heavy atom. The molecule has 2 rings (SSSR count). The van der Waals surface area contributed by atoms with Crippen LogP contribution >= 0.6 is 0 Å². The van der Waals surface area contributed by atoms with Gasteiger partial charge in [-0.2, -0.15) is 13.2 Å². The topological polar surface area (TPSA) is 96.0 Å². The third-order valence-electron chi connectivity index (χ3n) is 4.35. The Hall–Kier alpha value is -2.50. The lowest BCUT2D eigenvalue weighted by molar-refractivity contribution is -0.0930. The van der Waals surface area contributed by atoms with Crippen molar-refractivity contribution in [1.82, 2.24) is 9.88 Å². The molecule has 2 aromatic rings. The Balaban J connectivity index is 2.36. The number of allylic oxidation sites excluding steroid dienone is 1. The second kappa shape index (κ2) is 9.54. The number of rotatable bonds is 9. The molecule has 1 aromatic carbocycles. The smallest absolute Gasteiger partial charge is 0.392 e. The predicted molar refractivity (Wildman–Crippen MR) is 111 cm³/mol. The standard InChI is InChI=1S/C19H23F3N4O3S/c1-23-11-15-8-13-4-5-16(30(3,28)29)9-17(13)26(15)7-6-25-10-14(12-27)18(24-2)19(20,21)22/h4-5,8-10,23,27H,2,6-7,11-12H2,1,3H3/b18-14+,25-10?. The molecule has 0 saturated heterocycles. The third kappa shape index (κ3) is 5.55. The van der Waals surface area contributed by atoms with Gasteiger partial charge in [0.05, 0.1) is 18.0 Å². The molecule has 0 bridgehead atoms. The summed E-state index contributed by atoms with van der Waals surface area (Å²) in [5.41, 5.74) is -0.214. The van der Waals surface area contributed by atoms with E-state index in [9.17, 15) is 26.7 Å². The van der Waals surface area contributed by atoms with E-state index < -0.39 is 33.9 Å². The van der Waals surface area contributed by atoms with Gasteiger partial charge in [-0.3, -0.25) is 9.98 Å². The van der Waals surface area contributed by atoms with Gasteiger partial charge in [0.25, 0.3) is 0 Å².